The topological polar surface area (TPSA) is 87.3 Å². The van der Waals surface area contributed by atoms with Crippen LogP contribution < -0.4 is 15.0 Å². The molecule has 0 bridgehead atoms. The maximum absolute atomic E-state index is 12.6. The molecule has 1 aliphatic heterocycles. The molecule has 2 aromatic carbocycles. The van der Waals surface area contributed by atoms with Gasteiger partial charge >= 0.3 is 0 Å². The van der Waals surface area contributed by atoms with Crippen LogP contribution in [-0.4, -0.2) is 35.7 Å². The van der Waals surface area contributed by atoms with Gasteiger partial charge in [0.25, 0.3) is 0 Å². The summed E-state index contributed by atoms with van der Waals surface area (Å²) in [7, 11) is 1.59. The number of carbonyl (C=O) groups excluding carboxylic acids is 2. The maximum atomic E-state index is 12.6. The van der Waals surface area contributed by atoms with Gasteiger partial charge in [0.05, 0.1) is 24.7 Å². The zero-order chi connectivity index (χ0) is 18.1. The zero-order valence-electron chi connectivity index (χ0n) is 14.2. The first-order valence-corrected chi connectivity index (χ1v) is 8.32. The van der Waals surface area contributed by atoms with Gasteiger partial charge < -0.3 is 15.0 Å². The molecule has 7 nitrogen and oxygen atoms in total. The molecule has 2 amide bonds. The first-order valence-electron chi connectivity index (χ1n) is 8.32. The number of aromatic amines is 1. The Bertz CT molecular complexity index is 964. The van der Waals surface area contributed by atoms with Crippen LogP contribution in [0.3, 0.4) is 0 Å². The molecule has 0 aliphatic carbocycles. The summed E-state index contributed by atoms with van der Waals surface area (Å²) >= 11 is 0. The summed E-state index contributed by atoms with van der Waals surface area (Å²) in [6, 6.07) is 12.8. The molecule has 0 radical (unpaired) electrons. The lowest BCUT2D eigenvalue weighted by atomic mass is 10.1. The Morgan fingerprint density at radius 2 is 2.08 bits per heavy atom. The number of benzene rings is 2. The summed E-state index contributed by atoms with van der Waals surface area (Å²) in [6.45, 7) is 0.366. The van der Waals surface area contributed by atoms with Gasteiger partial charge in [-0.05, 0) is 42.5 Å². The van der Waals surface area contributed by atoms with Crippen molar-refractivity contribution >= 4 is 34.1 Å². The fourth-order valence-corrected chi connectivity index (χ4v) is 3.16. The van der Waals surface area contributed by atoms with Crippen molar-refractivity contribution in [3.05, 3.63) is 48.7 Å². The monoisotopic (exact) mass is 350 g/mol. The summed E-state index contributed by atoms with van der Waals surface area (Å²) < 4.78 is 5.13. The number of carbonyl (C=O) groups is 2. The summed E-state index contributed by atoms with van der Waals surface area (Å²) in [6.07, 6.45) is 1.90. The van der Waals surface area contributed by atoms with Gasteiger partial charge in [-0.25, -0.2) is 0 Å². The number of H-pyrrole nitrogens is 1. The van der Waals surface area contributed by atoms with Crippen molar-refractivity contribution in [1.82, 2.24) is 10.2 Å². The molecule has 1 atom stereocenters. The van der Waals surface area contributed by atoms with Crippen molar-refractivity contribution in [3.63, 3.8) is 0 Å². The molecule has 2 heterocycles. The van der Waals surface area contributed by atoms with Crippen LogP contribution in [0, 0.1) is 5.92 Å². The summed E-state index contributed by atoms with van der Waals surface area (Å²) in [4.78, 5) is 26.6. The number of nitrogens with zero attached hydrogens (tertiary/aromatic N) is 2. The second-order valence-electron chi connectivity index (χ2n) is 6.26. The number of hydrogen-bond donors (Lipinski definition) is 2. The summed E-state index contributed by atoms with van der Waals surface area (Å²) in [5.41, 5.74) is 2.37. The Labute approximate surface area is 149 Å². The highest BCUT2D eigenvalue weighted by atomic mass is 16.5. The van der Waals surface area contributed by atoms with E-state index in [-0.39, 0.29) is 24.2 Å². The van der Waals surface area contributed by atoms with E-state index in [1.54, 1.807) is 30.3 Å². The molecule has 132 valence electrons. The van der Waals surface area contributed by atoms with Gasteiger partial charge in [0, 0.05) is 29.7 Å². The lowest BCUT2D eigenvalue weighted by Crippen LogP contribution is -2.28. The van der Waals surface area contributed by atoms with Crippen molar-refractivity contribution in [2.45, 2.75) is 6.42 Å². The van der Waals surface area contributed by atoms with Crippen LogP contribution in [0.25, 0.3) is 10.9 Å². The van der Waals surface area contributed by atoms with E-state index in [9.17, 15) is 9.59 Å². The molecule has 2 N–H and O–H groups in total. The van der Waals surface area contributed by atoms with E-state index < -0.39 is 0 Å². The quantitative estimate of drug-likeness (QED) is 0.757. The van der Waals surface area contributed by atoms with Gasteiger partial charge in [0.15, 0.2) is 0 Å². The maximum Gasteiger partial charge on any atom is 0.229 e. The molecule has 0 saturated carbocycles. The van der Waals surface area contributed by atoms with Crippen molar-refractivity contribution in [2.75, 3.05) is 23.9 Å². The van der Waals surface area contributed by atoms with E-state index in [0.29, 0.717) is 12.2 Å². The fraction of sp³-hybridized carbons (Fsp3) is 0.211. The number of aromatic nitrogens is 2. The molecular formula is C19H18N4O3. The minimum Gasteiger partial charge on any atom is -0.497 e. The van der Waals surface area contributed by atoms with Gasteiger partial charge in [-0.2, -0.15) is 5.10 Å². The molecule has 0 unspecified atom stereocenters. The smallest absolute Gasteiger partial charge is 0.229 e. The number of fused-ring (bicyclic) bond motifs is 1. The van der Waals surface area contributed by atoms with E-state index in [2.05, 4.69) is 15.5 Å². The van der Waals surface area contributed by atoms with Crippen LogP contribution in [0.5, 0.6) is 5.75 Å². The van der Waals surface area contributed by atoms with Crippen LogP contribution in [0.4, 0.5) is 11.4 Å². The van der Waals surface area contributed by atoms with Gasteiger partial charge in [0.2, 0.25) is 11.8 Å². The minimum atomic E-state index is -0.385. The lowest BCUT2D eigenvalue weighted by molar-refractivity contribution is -0.122. The molecule has 1 fully saturated rings. The third-order valence-electron chi connectivity index (χ3n) is 4.59. The number of rotatable bonds is 4. The highest BCUT2D eigenvalue weighted by Gasteiger charge is 2.35. The molecule has 4 rings (SSSR count). The van der Waals surface area contributed by atoms with Crippen LogP contribution >= 0.6 is 0 Å². The highest BCUT2D eigenvalue weighted by molar-refractivity contribution is 6.04. The molecule has 1 saturated heterocycles. The SMILES string of the molecule is COc1ccc(N2C[C@@H](C(=O)Nc3ccc4[nH]ncc4c3)CC2=O)cc1. The molecule has 1 aliphatic rings. The first-order chi connectivity index (χ1) is 12.6. The Kier molecular flexibility index (Phi) is 4.04. The Morgan fingerprint density at radius 3 is 2.85 bits per heavy atom. The Morgan fingerprint density at radius 1 is 1.27 bits per heavy atom. The number of methoxy groups -OCH3 is 1. The molecular weight excluding hydrogens is 332 g/mol. The predicted octanol–water partition coefficient (Wildman–Crippen LogP) is 2.56. The summed E-state index contributed by atoms with van der Waals surface area (Å²) in [5.74, 6) is 0.131. The van der Waals surface area contributed by atoms with E-state index in [0.717, 1.165) is 22.3 Å². The van der Waals surface area contributed by atoms with Crippen molar-refractivity contribution in [1.29, 1.82) is 0 Å². The van der Waals surface area contributed by atoms with Crippen molar-refractivity contribution in [2.24, 2.45) is 5.92 Å². The van der Waals surface area contributed by atoms with Crippen LogP contribution in [0.15, 0.2) is 48.7 Å². The van der Waals surface area contributed by atoms with Crippen LogP contribution in [-0.2, 0) is 9.59 Å². The normalized spacial score (nSPS) is 16.9. The third-order valence-corrected chi connectivity index (χ3v) is 4.59. The van der Waals surface area contributed by atoms with Gasteiger partial charge in [0.1, 0.15) is 5.75 Å². The van der Waals surface area contributed by atoms with Crippen LogP contribution in [0.2, 0.25) is 0 Å². The summed E-state index contributed by atoms with van der Waals surface area (Å²) in [5, 5.41) is 10.7. The van der Waals surface area contributed by atoms with Crippen molar-refractivity contribution < 1.29 is 14.3 Å². The standard InChI is InChI=1S/C19H18N4O3/c1-26-16-5-3-15(4-6-16)23-11-13(9-18(23)24)19(25)21-14-2-7-17-12(8-14)10-20-22-17/h2-8,10,13H,9,11H2,1H3,(H,20,22)(H,21,25)/t13-/m0/s1. The molecule has 26 heavy (non-hydrogen) atoms. The molecule has 1 aromatic heterocycles. The number of anilines is 2. The average molecular weight is 350 g/mol. The van der Waals surface area contributed by atoms with E-state index in [1.165, 1.54) is 0 Å². The Balaban J connectivity index is 1.45. The fourth-order valence-electron chi connectivity index (χ4n) is 3.16. The van der Waals surface area contributed by atoms with Crippen LogP contribution in [0.1, 0.15) is 6.42 Å². The van der Waals surface area contributed by atoms with Gasteiger partial charge in [-0.15, -0.1) is 0 Å². The highest BCUT2D eigenvalue weighted by Crippen LogP contribution is 2.28. The lowest BCUT2D eigenvalue weighted by Gasteiger charge is -2.17. The number of ether oxygens (including phenoxy) is 1. The van der Waals surface area contributed by atoms with Gasteiger partial charge in [-0.1, -0.05) is 0 Å². The number of amides is 2. The first kappa shape index (κ1) is 16.1. The number of nitrogens with one attached hydrogen (secondary N) is 2. The van der Waals surface area contributed by atoms with E-state index >= 15 is 0 Å². The van der Waals surface area contributed by atoms with E-state index in [1.807, 2.05) is 30.3 Å². The van der Waals surface area contributed by atoms with Gasteiger partial charge in [-0.3, -0.25) is 14.7 Å². The average Bonchev–Trinajstić information content (AvgIpc) is 3.28. The Hall–Kier alpha value is -3.35. The third kappa shape index (κ3) is 2.99. The minimum absolute atomic E-state index is 0.0550. The second-order valence-corrected chi connectivity index (χ2v) is 6.26. The molecule has 3 aromatic rings. The predicted molar refractivity (Wildman–Crippen MR) is 98.2 cm³/mol. The van der Waals surface area contributed by atoms with E-state index in [4.69, 9.17) is 4.74 Å². The zero-order valence-corrected chi connectivity index (χ0v) is 14.2. The molecule has 7 heteroatoms. The number of hydrogen-bond acceptors (Lipinski definition) is 4. The largest absolute Gasteiger partial charge is 0.497 e. The second kappa shape index (κ2) is 6.51. The van der Waals surface area contributed by atoms with Crippen molar-refractivity contribution in [3.8, 4) is 5.75 Å². The molecule has 0 spiro atoms.